The first-order chi connectivity index (χ1) is 13.9. The smallest absolute Gasteiger partial charge is 0.343 e. The van der Waals surface area contributed by atoms with Gasteiger partial charge in [0.25, 0.3) is 0 Å². The lowest BCUT2D eigenvalue weighted by Gasteiger charge is -2.59. The molecule has 7 heteroatoms. The van der Waals surface area contributed by atoms with Crippen LogP contribution in [0.2, 0.25) is 0 Å². The first-order valence-electron chi connectivity index (χ1n) is 10.5. The summed E-state index contributed by atoms with van der Waals surface area (Å²) in [6.07, 6.45) is 7.07. The lowest BCUT2D eigenvalue weighted by molar-refractivity contribution is -0.194. The van der Waals surface area contributed by atoms with E-state index in [1.165, 1.54) is 31.2 Å². The topological polar surface area (TPSA) is 113 Å². The minimum absolute atomic E-state index is 0.00192. The Hall–Kier alpha value is -1.96. The predicted molar refractivity (Wildman–Crippen MR) is 109 cm³/mol. The zero-order chi connectivity index (χ0) is 22.3. The number of ether oxygens (including phenoxy) is 2. The molecule has 1 saturated carbocycles. The van der Waals surface area contributed by atoms with Gasteiger partial charge in [0.2, 0.25) is 0 Å². The number of carbonyl (C=O) groups excluding carboxylic acids is 2. The monoisotopic (exact) mass is 420 g/mol. The van der Waals surface area contributed by atoms with E-state index in [0.29, 0.717) is 12.0 Å². The van der Waals surface area contributed by atoms with Crippen molar-refractivity contribution in [1.82, 2.24) is 0 Å². The first-order valence-corrected chi connectivity index (χ1v) is 10.5. The van der Waals surface area contributed by atoms with Crippen molar-refractivity contribution >= 4 is 11.9 Å². The van der Waals surface area contributed by atoms with E-state index in [2.05, 4.69) is 13.8 Å². The summed E-state index contributed by atoms with van der Waals surface area (Å²) < 4.78 is 11.0. The number of esters is 2. The van der Waals surface area contributed by atoms with Crippen LogP contribution in [0.4, 0.5) is 0 Å². The highest BCUT2D eigenvalue weighted by molar-refractivity contribution is 5.88. The van der Waals surface area contributed by atoms with Crippen LogP contribution in [0.25, 0.3) is 0 Å². The van der Waals surface area contributed by atoms with Crippen LogP contribution in [0.3, 0.4) is 0 Å². The molecule has 166 valence electrons. The van der Waals surface area contributed by atoms with Gasteiger partial charge in [0.1, 0.15) is 12.7 Å². The fourth-order valence-corrected chi connectivity index (χ4v) is 5.59. The quantitative estimate of drug-likeness (QED) is 0.269. The van der Waals surface area contributed by atoms with Gasteiger partial charge < -0.3 is 24.8 Å². The van der Waals surface area contributed by atoms with E-state index in [1.807, 2.05) is 6.92 Å². The molecule has 3 N–H and O–H groups in total. The Labute approximate surface area is 177 Å². The maximum atomic E-state index is 12.5. The van der Waals surface area contributed by atoms with Crippen LogP contribution < -0.4 is 0 Å². The van der Waals surface area contributed by atoms with Crippen LogP contribution in [0, 0.1) is 16.7 Å². The third-order valence-electron chi connectivity index (χ3n) is 7.08. The molecule has 0 spiro atoms. The Balaban J connectivity index is 1.86. The number of cyclic esters (lactones) is 1. The first kappa shape index (κ1) is 22.7. The Bertz CT molecular complexity index is 793. The molecule has 0 aromatic rings. The van der Waals surface area contributed by atoms with E-state index in [0.717, 1.165) is 12.8 Å². The van der Waals surface area contributed by atoms with Crippen LogP contribution in [0.5, 0.6) is 0 Å². The SMILES string of the molecule is C[C@H](O)[C@@H](O)/C=C/C=C/C(=O)O[C@@H]1C=C2COC(=O)[C@]2(O)[C@@]2(C)CCCC(C)(C)[C@H]12. The number of aliphatic hydroxyl groups excluding tert-OH is 2. The maximum absolute atomic E-state index is 12.5. The molecule has 2 fully saturated rings. The van der Waals surface area contributed by atoms with Gasteiger partial charge in [-0.2, -0.15) is 0 Å². The van der Waals surface area contributed by atoms with Crippen molar-refractivity contribution in [3.05, 3.63) is 36.0 Å². The maximum Gasteiger partial charge on any atom is 0.343 e. The minimum atomic E-state index is -1.69. The van der Waals surface area contributed by atoms with Crippen LogP contribution in [0.1, 0.15) is 47.0 Å². The summed E-state index contributed by atoms with van der Waals surface area (Å²) in [4.78, 5) is 25.0. The van der Waals surface area contributed by atoms with Gasteiger partial charge in [0, 0.05) is 23.0 Å². The van der Waals surface area contributed by atoms with E-state index in [-0.39, 0.29) is 17.9 Å². The third kappa shape index (κ3) is 3.63. The highest BCUT2D eigenvalue weighted by Crippen LogP contribution is 2.63. The molecule has 7 nitrogen and oxygen atoms in total. The zero-order valence-corrected chi connectivity index (χ0v) is 18.0. The minimum Gasteiger partial charge on any atom is -0.459 e. The molecule has 0 unspecified atom stereocenters. The molecule has 0 radical (unpaired) electrons. The Morgan fingerprint density at radius 1 is 1.27 bits per heavy atom. The van der Waals surface area contributed by atoms with Gasteiger partial charge in [-0.1, -0.05) is 45.4 Å². The standard InChI is InChI=1S/C23H32O7/c1-14(24)16(25)8-5-6-9-18(26)30-17-12-15-13-29-20(27)23(15,28)22(4)11-7-10-21(2,3)19(17)22/h5-6,8-9,12,14,16-17,19,24-25,28H,7,10-11,13H2,1-4H3/b8-5+,9-6+/t14-,16-,17+,19-,22-,23-/m0/s1. The van der Waals surface area contributed by atoms with E-state index in [4.69, 9.17) is 9.47 Å². The van der Waals surface area contributed by atoms with Crippen LogP contribution in [-0.2, 0) is 19.1 Å². The number of rotatable bonds is 5. The van der Waals surface area contributed by atoms with Gasteiger partial charge in [0.05, 0.1) is 12.2 Å². The molecule has 1 heterocycles. The van der Waals surface area contributed by atoms with Crippen molar-refractivity contribution in [1.29, 1.82) is 0 Å². The van der Waals surface area contributed by atoms with Crippen molar-refractivity contribution in [2.24, 2.45) is 16.7 Å². The van der Waals surface area contributed by atoms with E-state index < -0.39 is 41.3 Å². The zero-order valence-electron chi connectivity index (χ0n) is 18.0. The van der Waals surface area contributed by atoms with Gasteiger partial charge in [-0.15, -0.1) is 0 Å². The number of fused-ring (bicyclic) bond motifs is 3. The normalized spacial score (nSPS) is 37.3. The van der Waals surface area contributed by atoms with Crippen molar-refractivity contribution in [2.45, 2.75) is 70.9 Å². The summed E-state index contributed by atoms with van der Waals surface area (Å²) in [7, 11) is 0. The number of hydrogen-bond donors (Lipinski definition) is 3. The summed E-state index contributed by atoms with van der Waals surface area (Å²) in [6, 6.07) is 0. The summed E-state index contributed by atoms with van der Waals surface area (Å²) >= 11 is 0. The molecule has 0 amide bonds. The highest BCUT2D eigenvalue weighted by atomic mass is 16.6. The average molecular weight is 421 g/mol. The lowest BCUT2D eigenvalue weighted by atomic mass is 9.46. The second kappa shape index (κ2) is 7.94. The van der Waals surface area contributed by atoms with E-state index in [9.17, 15) is 24.9 Å². The van der Waals surface area contributed by atoms with Crippen LogP contribution in [-0.4, -0.2) is 57.8 Å². The second-order valence-electron chi connectivity index (χ2n) is 9.59. The lowest BCUT2D eigenvalue weighted by Crippen LogP contribution is -2.65. The fraction of sp³-hybridized carbons (Fsp3) is 0.652. The van der Waals surface area contributed by atoms with Crippen LogP contribution in [0.15, 0.2) is 36.0 Å². The van der Waals surface area contributed by atoms with Gasteiger partial charge in [0.15, 0.2) is 5.60 Å². The van der Waals surface area contributed by atoms with Crippen molar-refractivity contribution in [3.8, 4) is 0 Å². The molecule has 0 bridgehead atoms. The van der Waals surface area contributed by atoms with Gasteiger partial charge >= 0.3 is 11.9 Å². The third-order valence-corrected chi connectivity index (χ3v) is 7.08. The van der Waals surface area contributed by atoms with E-state index >= 15 is 0 Å². The molecule has 0 aromatic heterocycles. The molecule has 2 aliphatic carbocycles. The number of hydrogen-bond acceptors (Lipinski definition) is 7. The fourth-order valence-electron chi connectivity index (χ4n) is 5.59. The Kier molecular flexibility index (Phi) is 6.02. The van der Waals surface area contributed by atoms with Crippen molar-refractivity contribution < 1.29 is 34.4 Å². The molecule has 6 atom stereocenters. The molecule has 1 aliphatic heterocycles. The Morgan fingerprint density at radius 2 is 1.97 bits per heavy atom. The average Bonchev–Trinajstić information content (AvgIpc) is 2.94. The predicted octanol–water partition coefficient (Wildman–Crippen LogP) is 1.81. The summed E-state index contributed by atoms with van der Waals surface area (Å²) in [5.41, 5.74) is -2.29. The van der Waals surface area contributed by atoms with Crippen molar-refractivity contribution in [2.75, 3.05) is 6.61 Å². The van der Waals surface area contributed by atoms with E-state index in [1.54, 1.807) is 6.08 Å². The highest BCUT2D eigenvalue weighted by Gasteiger charge is 2.69. The molecule has 3 rings (SSSR count). The van der Waals surface area contributed by atoms with Crippen LogP contribution >= 0.6 is 0 Å². The summed E-state index contributed by atoms with van der Waals surface area (Å²) in [5.74, 6) is -1.44. The molecule has 3 aliphatic rings. The number of aliphatic hydroxyl groups is 3. The summed E-state index contributed by atoms with van der Waals surface area (Å²) in [5, 5.41) is 30.2. The molecule has 0 aromatic carbocycles. The van der Waals surface area contributed by atoms with Gasteiger partial charge in [-0.05, 0) is 31.3 Å². The largest absolute Gasteiger partial charge is 0.459 e. The second-order valence-corrected chi connectivity index (χ2v) is 9.59. The number of allylic oxidation sites excluding steroid dienone is 2. The molecular formula is C23H32O7. The number of carbonyl (C=O) groups is 2. The summed E-state index contributed by atoms with van der Waals surface area (Å²) in [6.45, 7) is 7.52. The molecule has 30 heavy (non-hydrogen) atoms. The molecule has 1 saturated heterocycles. The Morgan fingerprint density at radius 3 is 2.63 bits per heavy atom. The van der Waals surface area contributed by atoms with Gasteiger partial charge in [-0.25, -0.2) is 9.59 Å². The van der Waals surface area contributed by atoms with Crippen molar-refractivity contribution in [3.63, 3.8) is 0 Å². The van der Waals surface area contributed by atoms with Gasteiger partial charge in [-0.3, -0.25) is 0 Å². The molecular weight excluding hydrogens is 388 g/mol.